The van der Waals surface area contributed by atoms with Gasteiger partial charge in [0.2, 0.25) is 0 Å². The number of pyridine rings is 1. The van der Waals surface area contributed by atoms with E-state index in [4.69, 9.17) is 4.74 Å². The number of Topliss-reactive ketones (excluding diaryl/α,β-unsaturated/α-hetero) is 1. The standard InChI is InChI=1S/C23H22N2O3/c1-16(26)18-6-2-8-20(15-18)28-19-10-13-25(14-11-19)23(27)21-9-3-5-17-7-4-12-24-22(17)21/h2-9,12,15,19H,10-11,13-14H2,1H3. The number of carbonyl (C=O) groups is 2. The van der Waals surface area contributed by atoms with Gasteiger partial charge in [-0.15, -0.1) is 0 Å². The van der Waals surface area contributed by atoms with Crippen LogP contribution in [0, 0.1) is 0 Å². The molecule has 1 aliphatic rings. The minimum absolute atomic E-state index is 0.0151. The molecule has 5 nitrogen and oxygen atoms in total. The molecule has 0 saturated carbocycles. The summed E-state index contributed by atoms with van der Waals surface area (Å²) in [6.45, 7) is 2.82. The Bertz CT molecular complexity index is 1020. The number of rotatable bonds is 4. The second-order valence-corrected chi connectivity index (χ2v) is 7.07. The van der Waals surface area contributed by atoms with E-state index in [1.165, 1.54) is 0 Å². The zero-order valence-electron chi connectivity index (χ0n) is 15.8. The number of ether oxygens (including phenoxy) is 1. The summed E-state index contributed by atoms with van der Waals surface area (Å²) >= 11 is 0. The van der Waals surface area contributed by atoms with Crippen molar-refractivity contribution in [1.29, 1.82) is 0 Å². The van der Waals surface area contributed by atoms with E-state index in [9.17, 15) is 9.59 Å². The van der Waals surface area contributed by atoms with Crippen LogP contribution < -0.4 is 4.74 Å². The van der Waals surface area contributed by atoms with Crippen molar-refractivity contribution in [2.24, 2.45) is 0 Å². The fraction of sp³-hybridized carbons (Fsp3) is 0.261. The molecule has 1 aromatic heterocycles. The zero-order valence-corrected chi connectivity index (χ0v) is 15.8. The lowest BCUT2D eigenvalue weighted by atomic mass is 10.0. The first-order chi connectivity index (χ1) is 13.6. The Morgan fingerprint density at radius 3 is 2.57 bits per heavy atom. The van der Waals surface area contributed by atoms with E-state index in [1.807, 2.05) is 47.4 Å². The van der Waals surface area contributed by atoms with Crippen LogP contribution in [0.25, 0.3) is 10.9 Å². The van der Waals surface area contributed by atoms with Crippen molar-refractivity contribution in [3.8, 4) is 5.75 Å². The molecule has 1 fully saturated rings. The molecule has 0 unspecified atom stereocenters. The summed E-state index contributed by atoms with van der Waals surface area (Å²) in [7, 11) is 0. The Hall–Kier alpha value is -3.21. The van der Waals surface area contributed by atoms with Gasteiger partial charge < -0.3 is 9.64 Å². The van der Waals surface area contributed by atoms with Gasteiger partial charge in [-0.1, -0.05) is 30.3 Å². The average Bonchev–Trinajstić information content (AvgIpc) is 2.73. The molecule has 2 heterocycles. The van der Waals surface area contributed by atoms with Gasteiger partial charge in [-0.05, 0) is 31.2 Å². The molecule has 0 radical (unpaired) electrons. The van der Waals surface area contributed by atoms with Crippen molar-refractivity contribution in [3.63, 3.8) is 0 Å². The van der Waals surface area contributed by atoms with Crippen LogP contribution in [0.3, 0.4) is 0 Å². The number of para-hydroxylation sites is 1. The third kappa shape index (κ3) is 3.74. The van der Waals surface area contributed by atoms with E-state index in [1.54, 1.807) is 25.3 Å². The van der Waals surface area contributed by atoms with Crippen LogP contribution in [0.4, 0.5) is 0 Å². The number of carbonyl (C=O) groups excluding carboxylic acids is 2. The maximum absolute atomic E-state index is 13.0. The fourth-order valence-electron chi connectivity index (χ4n) is 3.60. The maximum Gasteiger partial charge on any atom is 0.256 e. The molecule has 5 heteroatoms. The lowest BCUT2D eigenvalue weighted by Crippen LogP contribution is -2.41. The van der Waals surface area contributed by atoms with Gasteiger partial charge >= 0.3 is 0 Å². The minimum atomic E-state index is 0.0151. The van der Waals surface area contributed by atoms with Crippen LogP contribution in [-0.2, 0) is 0 Å². The van der Waals surface area contributed by atoms with Crippen molar-refractivity contribution in [1.82, 2.24) is 9.88 Å². The summed E-state index contributed by atoms with van der Waals surface area (Å²) in [5.41, 5.74) is 2.04. The molecule has 28 heavy (non-hydrogen) atoms. The molecule has 0 bridgehead atoms. The largest absolute Gasteiger partial charge is 0.490 e. The number of aromatic nitrogens is 1. The van der Waals surface area contributed by atoms with Gasteiger partial charge in [0, 0.05) is 43.1 Å². The van der Waals surface area contributed by atoms with E-state index in [0.29, 0.717) is 30.0 Å². The number of hydrogen-bond donors (Lipinski definition) is 0. The van der Waals surface area contributed by atoms with Crippen LogP contribution in [-0.4, -0.2) is 40.8 Å². The SMILES string of the molecule is CC(=O)c1cccc(OC2CCN(C(=O)c3cccc4cccnc34)CC2)c1. The number of fused-ring (bicyclic) bond motifs is 1. The van der Waals surface area contributed by atoms with Gasteiger partial charge in [0.15, 0.2) is 5.78 Å². The van der Waals surface area contributed by atoms with E-state index in [2.05, 4.69) is 4.98 Å². The molecule has 1 saturated heterocycles. The number of nitrogens with zero attached hydrogens (tertiary/aromatic N) is 2. The summed E-state index contributed by atoms with van der Waals surface area (Å²) in [6, 6.07) is 16.8. The highest BCUT2D eigenvalue weighted by Crippen LogP contribution is 2.23. The quantitative estimate of drug-likeness (QED) is 0.645. The Morgan fingerprint density at radius 1 is 1.04 bits per heavy atom. The van der Waals surface area contributed by atoms with E-state index in [0.717, 1.165) is 23.7 Å². The highest BCUT2D eigenvalue weighted by Gasteiger charge is 2.26. The predicted molar refractivity (Wildman–Crippen MR) is 108 cm³/mol. The Kier molecular flexibility index (Phi) is 5.06. The summed E-state index contributed by atoms with van der Waals surface area (Å²) in [6.07, 6.45) is 3.27. The lowest BCUT2D eigenvalue weighted by molar-refractivity contribution is 0.0596. The van der Waals surface area contributed by atoms with E-state index < -0.39 is 0 Å². The topological polar surface area (TPSA) is 59.5 Å². The van der Waals surface area contributed by atoms with E-state index in [-0.39, 0.29) is 17.8 Å². The molecule has 0 atom stereocenters. The van der Waals surface area contributed by atoms with Gasteiger partial charge in [-0.2, -0.15) is 0 Å². The summed E-state index contributed by atoms with van der Waals surface area (Å²) in [5.74, 6) is 0.742. The third-order valence-corrected chi connectivity index (χ3v) is 5.14. The number of hydrogen-bond acceptors (Lipinski definition) is 4. The van der Waals surface area contributed by atoms with Crippen LogP contribution in [0.5, 0.6) is 5.75 Å². The lowest BCUT2D eigenvalue weighted by Gasteiger charge is -2.32. The van der Waals surface area contributed by atoms with Crippen LogP contribution in [0.1, 0.15) is 40.5 Å². The smallest absolute Gasteiger partial charge is 0.256 e. The van der Waals surface area contributed by atoms with Crippen molar-refractivity contribution in [2.75, 3.05) is 13.1 Å². The highest BCUT2D eigenvalue weighted by atomic mass is 16.5. The molecule has 0 aliphatic carbocycles. The third-order valence-electron chi connectivity index (χ3n) is 5.14. The highest BCUT2D eigenvalue weighted by molar-refractivity contribution is 6.05. The molecule has 0 spiro atoms. The second-order valence-electron chi connectivity index (χ2n) is 7.07. The van der Waals surface area contributed by atoms with Gasteiger partial charge in [0.1, 0.15) is 11.9 Å². The molecule has 1 aliphatic heterocycles. The summed E-state index contributed by atoms with van der Waals surface area (Å²) in [4.78, 5) is 30.8. The molecule has 1 amide bonds. The van der Waals surface area contributed by atoms with Crippen LogP contribution in [0.15, 0.2) is 60.8 Å². The molecule has 142 valence electrons. The minimum Gasteiger partial charge on any atom is -0.490 e. The fourth-order valence-corrected chi connectivity index (χ4v) is 3.60. The summed E-state index contributed by atoms with van der Waals surface area (Å²) in [5, 5.41) is 0.969. The normalized spacial score (nSPS) is 14.8. The number of piperidine rings is 1. The number of benzene rings is 2. The summed E-state index contributed by atoms with van der Waals surface area (Å²) < 4.78 is 6.05. The van der Waals surface area contributed by atoms with Gasteiger partial charge in [0.05, 0.1) is 11.1 Å². The average molecular weight is 374 g/mol. The maximum atomic E-state index is 13.0. The van der Waals surface area contributed by atoms with Crippen LogP contribution in [0.2, 0.25) is 0 Å². The number of amides is 1. The first kappa shape index (κ1) is 18.2. The zero-order chi connectivity index (χ0) is 19.5. The van der Waals surface area contributed by atoms with Crippen LogP contribution >= 0.6 is 0 Å². The van der Waals surface area contributed by atoms with Gasteiger partial charge in [0.25, 0.3) is 5.91 Å². The van der Waals surface area contributed by atoms with Gasteiger partial charge in [-0.25, -0.2) is 0 Å². The monoisotopic (exact) mass is 374 g/mol. The first-order valence-corrected chi connectivity index (χ1v) is 9.52. The van der Waals surface area contributed by atoms with Gasteiger partial charge in [-0.3, -0.25) is 14.6 Å². The molecule has 3 aromatic rings. The Balaban J connectivity index is 1.42. The predicted octanol–water partition coefficient (Wildman–Crippen LogP) is 4.12. The van der Waals surface area contributed by atoms with Crippen molar-refractivity contribution in [3.05, 3.63) is 71.9 Å². The first-order valence-electron chi connectivity index (χ1n) is 9.52. The molecule has 2 aromatic carbocycles. The Labute approximate surface area is 163 Å². The molecular weight excluding hydrogens is 352 g/mol. The van der Waals surface area contributed by atoms with E-state index >= 15 is 0 Å². The molecule has 4 rings (SSSR count). The second kappa shape index (κ2) is 7.80. The van der Waals surface area contributed by atoms with Crippen molar-refractivity contribution < 1.29 is 14.3 Å². The van der Waals surface area contributed by atoms with Crippen molar-refractivity contribution >= 4 is 22.6 Å². The number of likely N-dealkylation sites (tertiary alicyclic amines) is 1. The van der Waals surface area contributed by atoms with Crippen molar-refractivity contribution in [2.45, 2.75) is 25.9 Å². The molecular formula is C23H22N2O3. The number of ketones is 1. The molecule has 0 N–H and O–H groups in total. The Morgan fingerprint density at radius 2 is 1.79 bits per heavy atom.